The Bertz CT molecular complexity index is 372. The van der Waals surface area contributed by atoms with Crippen molar-refractivity contribution in [3.8, 4) is 0 Å². The van der Waals surface area contributed by atoms with E-state index in [0.717, 1.165) is 31.4 Å². The molecule has 1 atom stereocenters. The Kier molecular flexibility index (Phi) is 17.6. The number of hydrogen-bond acceptors (Lipinski definition) is 2. The lowest BCUT2D eigenvalue weighted by Crippen LogP contribution is -2.11. The van der Waals surface area contributed by atoms with Gasteiger partial charge in [0.2, 0.25) is 0 Å². The van der Waals surface area contributed by atoms with Gasteiger partial charge in [-0.15, -0.1) is 11.8 Å². The van der Waals surface area contributed by atoms with Crippen LogP contribution in [0.2, 0.25) is 0 Å². The molecule has 3 heteroatoms. The number of carboxylic acid groups (broad SMARTS) is 1. The van der Waals surface area contributed by atoms with Gasteiger partial charge in [0.05, 0.1) is 5.25 Å². The molecule has 0 aliphatic rings. The fraction of sp³-hybridized carbons (Fsp3) is 0.667. The number of thioether (sulfide) groups is 1. The Hall–Kier alpha value is -0.960. The summed E-state index contributed by atoms with van der Waals surface area (Å²) in [6.45, 7) is 3.99. The van der Waals surface area contributed by atoms with Crippen LogP contribution < -0.4 is 0 Å². The minimum absolute atomic E-state index is 0.275. The fourth-order valence-electron chi connectivity index (χ4n) is 2.16. The molecular weight excluding hydrogens is 316 g/mol. The first-order valence-corrected chi connectivity index (χ1v) is 10.5. The van der Waals surface area contributed by atoms with Gasteiger partial charge in [0, 0.05) is 0 Å². The molecule has 24 heavy (non-hydrogen) atoms. The van der Waals surface area contributed by atoms with E-state index < -0.39 is 5.97 Å². The second-order valence-electron chi connectivity index (χ2n) is 6.08. The van der Waals surface area contributed by atoms with Crippen molar-refractivity contribution in [2.24, 2.45) is 0 Å². The van der Waals surface area contributed by atoms with Crippen LogP contribution in [-0.2, 0) is 4.79 Å². The fourth-order valence-corrected chi connectivity index (χ4v) is 3.03. The van der Waals surface area contributed by atoms with E-state index in [1.54, 1.807) is 6.92 Å². The maximum Gasteiger partial charge on any atom is 0.316 e. The molecule has 2 nitrogen and oxygen atoms in total. The third-order valence-electron chi connectivity index (χ3n) is 3.75. The molecule has 0 saturated heterocycles. The van der Waals surface area contributed by atoms with Gasteiger partial charge in [-0.05, 0) is 57.6 Å². The highest BCUT2D eigenvalue weighted by Gasteiger charge is 2.09. The Balaban J connectivity index is 3.34. The Morgan fingerprint density at radius 1 is 0.875 bits per heavy atom. The highest BCUT2D eigenvalue weighted by molar-refractivity contribution is 8.00. The molecular formula is C21H36O2S. The van der Waals surface area contributed by atoms with Gasteiger partial charge in [0.1, 0.15) is 0 Å². The van der Waals surface area contributed by atoms with E-state index in [9.17, 15) is 4.79 Å². The van der Waals surface area contributed by atoms with E-state index in [-0.39, 0.29) is 5.25 Å². The van der Waals surface area contributed by atoms with Crippen LogP contribution >= 0.6 is 11.8 Å². The van der Waals surface area contributed by atoms with Gasteiger partial charge in [0.15, 0.2) is 0 Å². The van der Waals surface area contributed by atoms with Gasteiger partial charge in [-0.3, -0.25) is 4.79 Å². The number of hydrogen-bond donors (Lipinski definition) is 1. The summed E-state index contributed by atoms with van der Waals surface area (Å²) in [7, 11) is 0. The van der Waals surface area contributed by atoms with Gasteiger partial charge in [0.25, 0.3) is 0 Å². The molecule has 0 aromatic carbocycles. The summed E-state index contributed by atoms with van der Waals surface area (Å²) in [6.07, 6.45) is 25.4. The van der Waals surface area contributed by atoms with Crippen molar-refractivity contribution in [3.63, 3.8) is 0 Å². The van der Waals surface area contributed by atoms with Crippen molar-refractivity contribution in [1.29, 1.82) is 0 Å². The third-order valence-corrected chi connectivity index (χ3v) is 4.98. The summed E-state index contributed by atoms with van der Waals surface area (Å²) in [5.74, 6) is 0.245. The molecule has 0 spiro atoms. The van der Waals surface area contributed by atoms with Crippen LogP contribution in [0.15, 0.2) is 36.5 Å². The van der Waals surface area contributed by atoms with Crippen LogP contribution in [0.25, 0.3) is 0 Å². The number of allylic oxidation sites excluding steroid dienone is 6. The van der Waals surface area contributed by atoms with E-state index in [2.05, 4.69) is 43.4 Å². The van der Waals surface area contributed by atoms with Crippen molar-refractivity contribution < 1.29 is 9.90 Å². The van der Waals surface area contributed by atoms with Crippen LogP contribution in [0.5, 0.6) is 0 Å². The molecule has 0 fully saturated rings. The lowest BCUT2D eigenvalue weighted by atomic mass is 10.2. The van der Waals surface area contributed by atoms with Gasteiger partial charge >= 0.3 is 5.97 Å². The highest BCUT2D eigenvalue weighted by Crippen LogP contribution is 2.14. The van der Waals surface area contributed by atoms with E-state index in [4.69, 9.17) is 5.11 Å². The van der Waals surface area contributed by atoms with Crippen molar-refractivity contribution >= 4 is 17.7 Å². The number of carboxylic acids is 1. The quantitative estimate of drug-likeness (QED) is 0.246. The standard InChI is InChI=1S/C21H36O2S/c1-3-4-5-6-7-8-9-10-11-12-13-14-15-16-17-18-19-24-20(2)21(22)23/h7-8,10-11,13-14,20H,3-6,9,12,15-19H2,1-2H3,(H,22,23)/b8-7-,11-10-,14-13-. The van der Waals surface area contributed by atoms with E-state index >= 15 is 0 Å². The number of aliphatic carboxylic acids is 1. The van der Waals surface area contributed by atoms with Crippen molar-refractivity contribution in [3.05, 3.63) is 36.5 Å². The average Bonchev–Trinajstić information content (AvgIpc) is 2.57. The minimum atomic E-state index is -0.706. The summed E-state index contributed by atoms with van der Waals surface area (Å²) < 4.78 is 0. The summed E-state index contributed by atoms with van der Waals surface area (Å²) in [5, 5.41) is 8.50. The molecule has 0 saturated carbocycles. The van der Waals surface area contributed by atoms with E-state index in [1.165, 1.54) is 50.3 Å². The average molecular weight is 353 g/mol. The van der Waals surface area contributed by atoms with Crippen molar-refractivity contribution in [2.45, 2.75) is 83.3 Å². The molecule has 1 unspecified atom stereocenters. The molecule has 0 aliphatic heterocycles. The molecule has 1 N–H and O–H groups in total. The van der Waals surface area contributed by atoms with Gasteiger partial charge in [-0.2, -0.15) is 0 Å². The van der Waals surface area contributed by atoms with Crippen LogP contribution in [-0.4, -0.2) is 22.1 Å². The maximum atomic E-state index is 10.7. The minimum Gasteiger partial charge on any atom is -0.480 e. The van der Waals surface area contributed by atoms with Crippen LogP contribution in [0.3, 0.4) is 0 Å². The monoisotopic (exact) mass is 352 g/mol. The predicted molar refractivity (Wildman–Crippen MR) is 109 cm³/mol. The summed E-state index contributed by atoms with van der Waals surface area (Å²) >= 11 is 1.54. The van der Waals surface area contributed by atoms with Crippen LogP contribution in [0.4, 0.5) is 0 Å². The predicted octanol–water partition coefficient (Wildman–Crippen LogP) is 6.78. The zero-order chi connectivity index (χ0) is 17.9. The zero-order valence-electron chi connectivity index (χ0n) is 15.6. The summed E-state index contributed by atoms with van der Waals surface area (Å²) in [6, 6.07) is 0. The number of unbranched alkanes of at least 4 members (excludes halogenated alkanes) is 6. The van der Waals surface area contributed by atoms with Crippen molar-refractivity contribution in [2.75, 3.05) is 5.75 Å². The van der Waals surface area contributed by atoms with E-state index in [0.29, 0.717) is 0 Å². The largest absolute Gasteiger partial charge is 0.480 e. The normalized spacial score (nSPS) is 13.4. The molecule has 0 heterocycles. The third kappa shape index (κ3) is 17.4. The van der Waals surface area contributed by atoms with Gasteiger partial charge < -0.3 is 5.11 Å². The molecule has 0 amide bonds. The van der Waals surface area contributed by atoms with Gasteiger partial charge in [-0.25, -0.2) is 0 Å². The number of rotatable bonds is 16. The highest BCUT2D eigenvalue weighted by atomic mass is 32.2. The molecule has 0 aromatic rings. The Labute approximate surface area is 153 Å². The second-order valence-corrected chi connectivity index (χ2v) is 7.53. The molecule has 0 bridgehead atoms. The smallest absolute Gasteiger partial charge is 0.316 e. The lowest BCUT2D eigenvalue weighted by molar-refractivity contribution is -0.136. The molecule has 0 aliphatic carbocycles. The second kappa shape index (κ2) is 18.4. The first kappa shape index (κ1) is 23.0. The summed E-state index contributed by atoms with van der Waals surface area (Å²) in [4.78, 5) is 10.7. The van der Waals surface area contributed by atoms with Gasteiger partial charge in [-0.1, -0.05) is 62.6 Å². The van der Waals surface area contributed by atoms with Crippen LogP contribution in [0, 0.1) is 0 Å². The SMILES string of the molecule is CCCCC/C=C\C/C=C\C/C=C\CCCCCSC(C)C(=O)O. The first-order chi connectivity index (χ1) is 11.7. The zero-order valence-corrected chi connectivity index (χ0v) is 16.4. The molecule has 0 rings (SSSR count). The molecule has 138 valence electrons. The lowest BCUT2D eigenvalue weighted by Gasteiger charge is -2.04. The van der Waals surface area contributed by atoms with E-state index in [1.807, 2.05) is 0 Å². The molecule has 0 radical (unpaired) electrons. The molecule has 0 aromatic heterocycles. The topological polar surface area (TPSA) is 37.3 Å². The summed E-state index contributed by atoms with van der Waals surface area (Å²) in [5.41, 5.74) is 0. The van der Waals surface area contributed by atoms with Crippen LogP contribution in [0.1, 0.15) is 78.1 Å². The Morgan fingerprint density at radius 3 is 1.96 bits per heavy atom. The van der Waals surface area contributed by atoms with Crippen molar-refractivity contribution in [1.82, 2.24) is 0 Å². The first-order valence-electron chi connectivity index (χ1n) is 9.47. The maximum absolute atomic E-state index is 10.7. The number of carbonyl (C=O) groups is 1. The Morgan fingerprint density at radius 2 is 1.42 bits per heavy atom.